The van der Waals surface area contributed by atoms with Crippen molar-refractivity contribution in [3.63, 3.8) is 0 Å². The highest BCUT2D eigenvalue weighted by Gasteiger charge is 2.20. The molecule has 0 unspecified atom stereocenters. The average Bonchev–Trinajstić information content (AvgIpc) is 3.00. The first-order chi connectivity index (χ1) is 11.1. The highest BCUT2D eigenvalue weighted by molar-refractivity contribution is 5.95. The topological polar surface area (TPSA) is 140 Å². The van der Waals surface area contributed by atoms with E-state index in [1.165, 1.54) is 12.1 Å². The molecule has 9 nitrogen and oxygen atoms in total. The van der Waals surface area contributed by atoms with Crippen LogP contribution in [0.1, 0.15) is 5.56 Å². The van der Waals surface area contributed by atoms with Gasteiger partial charge >= 0.3 is 5.69 Å². The second-order valence-corrected chi connectivity index (χ2v) is 4.87. The number of nitrogen functional groups attached to an aromatic ring is 1. The molecule has 0 atom stereocenters. The summed E-state index contributed by atoms with van der Waals surface area (Å²) in [5.74, 6) is 0. The average molecular weight is 315 g/mol. The number of nitrogens with two attached hydrogens (primary N) is 1. The van der Waals surface area contributed by atoms with Gasteiger partial charge in [-0.1, -0.05) is 0 Å². The normalized spacial score (nSPS) is 10.8. The van der Waals surface area contributed by atoms with Crippen LogP contribution in [0.25, 0.3) is 11.0 Å². The Balaban J connectivity index is 2.04. The minimum Gasteiger partial charge on any atom is -0.399 e. The summed E-state index contributed by atoms with van der Waals surface area (Å²) in [5.41, 5.74) is 8.52. The van der Waals surface area contributed by atoms with Crippen LogP contribution < -0.4 is 11.1 Å². The zero-order valence-corrected chi connectivity index (χ0v) is 11.9. The van der Waals surface area contributed by atoms with Gasteiger partial charge in [-0.3, -0.25) is 10.1 Å². The summed E-state index contributed by atoms with van der Waals surface area (Å²) in [4.78, 5) is 10.4. The van der Waals surface area contributed by atoms with Crippen LogP contribution in [0.15, 0.2) is 35.0 Å². The number of aliphatic hydroxyl groups is 1. The number of nitrogens with one attached hydrogen (secondary N) is 1. The summed E-state index contributed by atoms with van der Waals surface area (Å²) in [6, 6.07) is 8.09. The van der Waals surface area contributed by atoms with E-state index in [2.05, 4.69) is 20.3 Å². The fraction of sp³-hybridized carbons (Fsp3) is 0.143. The third kappa shape index (κ3) is 2.77. The number of non-ortho nitro benzene ring substituents is 1. The van der Waals surface area contributed by atoms with E-state index in [4.69, 9.17) is 10.8 Å². The molecule has 23 heavy (non-hydrogen) atoms. The van der Waals surface area contributed by atoms with Crippen molar-refractivity contribution in [3.05, 3.63) is 46.0 Å². The number of nitro benzene ring substituents is 1. The quantitative estimate of drug-likeness (QED) is 0.369. The van der Waals surface area contributed by atoms with Crippen LogP contribution in [-0.4, -0.2) is 27.0 Å². The van der Waals surface area contributed by atoms with Gasteiger partial charge in [0.1, 0.15) is 0 Å². The van der Waals surface area contributed by atoms with Crippen LogP contribution in [0, 0.1) is 10.1 Å². The van der Waals surface area contributed by atoms with E-state index in [1.54, 1.807) is 18.2 Å². The Morgan fingerprint density at radius 1 is 1.22 bits per heavy atom. The predicted molar refractivity (Wildman–Crippen MR) is 83.4 cm³/mol. The summed E-state index contributed by atoms with van der Waals surface area (Å²) in [5, 5.41) is 30.6. The molecule has 0 aliphatic heterocycles. The minimum atomic E-state index is -0.545. The van der Waals surface area contributed by atoms with Gasteiger partial charge < -0.3 is 16.2 Å². The van der Waals surface area contributed by atoms with Crippen LogP contribution >= 0.6 is 0 Å². The Kier molecular flexibility index (Phi) is 3.77. The van der Waals surface area contributed by atoms with Crippen molar-refractivity contribution in [3.8, 4) is 0 Å². The maximum Gasteiger partial charge on any atom is 0.300 e. The van der Waals surface area contributed by atoms with Crippen LogP contribution in [0.5, 0.6) is 0 Å². The van der Waals surface area contributed by atoms with Crippen LogP contribution in [0.2, 0.25) is 0 Å². The first kappa shape index (κ1) is 14.7. The third-order valence-corrected chi connectivity index (χ3v) is 3.37. The molecule has 0 aliphatic carbocycles. The molecule has 0 fully saturated rings. The summed E-state index contributed by atoms with van der Waals surface area (Å²) in [7, 11) is 0. The lowest BCUT2D eigenvalue weighted by molar-refractivity contribution is -0.383. The van der Waals surface area contributed by atoms with E-state index in [9.17, 15) is 10.1 Å². The van der Waals surface area contributed by atoms with E-state index >= 15 is 0 Å². The molecule has 0 radical (unpaired) electrons. The number of rotatable bonds is 5. The van der Waals surface area contributed by atoms with Gasteiger partial charge in [-0.05, 0) is 46.6 Å². The monoisotopic (exact) mass is 315 g/mol. The van der Waals surface area contributed by atoms with Crippen molar-refractivity contribution in [2.45, 2.75) is 6.42 Å². The largest absolute Gasteiger partial charge is 0.399 e. The Morgan fingerprint density at radius 2 is 1.96 bits per heavy atom. The molecule has 2 aromatic carbocycles. The number of aliphatic hydroxyl groups excluding tert-OH is 1. The van der Waals surface area contributed by atoms with E-state index in [0.717, 1.165) is 5.56 Å². The number of hydrogen-bond donors (Lipinski definition) is 3. The van der Waals surface area contributed by atoms with Gasteiger partial charge in [0.05, 0.1) is 10.6 Å². The SMILES string of the molecule is Nc1ccc(Nc2ccc([N+](=O)[O-])c3nonc23)c(CCO)c1. The zero-order valence-electron chi connectivity index (χ0n) is 11.9. The van der Waals surface area contributed by atoms with E-state index in [1.807, 2.05) is 0 Å². The number of aromatic nitrogens is 2. The van der Waals surface area contributed by atoms with Gasteiger partial charge in [0.15, 0.2) is 5.52 Å². The maximum atomic E-state index is 11.0. The van der Waals surface area contributed by atoms with Gasteiger partial charge in [-0.2, -0.15) is 0 Å². The molecule has 1 aromatic heterocycles. The fourth-order valence-electron chi connectivity index (χ4n) is 2.31. The van der Waals surface area contributed by atoms with E-state index in [0.29, 0.717) is 23.5 Å². The lowest BCUT2D eigenvalue weighted by Crippen LogP contribution is -2.01. The molecule has 9 heteroatoms. The van der Waals surface area contributed by atoms with Crippen molar-refractivity contribution < 1.29 is 14.7 Å². The Bertz CT molecular complexity index is 877. The molecule has 4 N–H and O–H groups in total. The lowest BCUT2D eigenvalue weighted by atomic mass is 10.1. The number of nitro groups is 1. The van der Waals surface area contributed by atoms with Crippen LogP contribution in [0.4, 0.5) is 22.7 Å². The number of nitrogens with zero attached hydrogens (tertiary/aromatic N) is 3. The molecule has 3 aromatic rings. The molecule has 0 amide bonds. The van der Waals surface area contributed by atoms with Gasteiger partial charge in [-0.25, -0.2) is 4.63 Å². The summed E-state index contributed by atoms with van der Waals surface area (Å²) < 4.78 is 4.63. The van der Waals surface area contributed by atoms with Crippen molar-refractivity contribution in [1.82, 2.24) is 10.3 Å². The molecule has 0 bridgehead atoms. The van der Waals surface area contributed by atoms with Crippen molar-refractivity contribution in [2.75, 3.05) is 17.7 Å². The fourth-order valence-corrected chi connectivity index (χ4v) is 2.31. The van der Waals surface area contributed by atoms with Gasteiger partial charge in [0.25, 0.3) is 0 Å². The predicted octanol–water partition coefficient (Wildman–Crippen LogP) is 1.99. The van der Waals surface area contributed by atoms with Gasteiger partial charge in [0.2, 0.25) is 5.52 Å². The highest BCUT2D eigenvalue weighted by atomic mass is 16.6. The van der Waals surface area contributed by atoms with Crippen molar-refractivity contribution >= 4 is 33.8 Å². The Labute approximate surface area is 129 Å². The molecule has 118 valence electrons. The van der Waals surface area contributed by atoms with Gasteiger partial charge in [-0.15, -0.1) is 0 Å². The molecule has 3 rings (SSSR count). The number of hydrogen-bond acceptors (Lipinski definition) is 8. The number of fused-ring (bicyclic) bond motifs is 1. The van der Waals surface area contributed by atoms with E-state index in [-0.39, 0.29) is 23.3 Å². The van der Waals surface area contributed by atoms with Crippen molar-refractivity contribution in [1.29, 1.82) is 0 Å². The summed E-state index contributed by atoms with van der Waals surface area (Å²) in [6.07, 6.45) is 0.417. The summed E-state index contributed by atoms with van der Waals surface area (Å²) in [6.45, 7) is -0.0285. The smallest absolute Gasteiger partial charge is 0.300 e. The molecule has 0 aliphatic rings. The first-order valence-corrected chi connectivity index (χ1v) is 6.76. The lowest BCUT2D eigenvalue weighted by Gasteiger charge is -2.12. The molecular weight excluding hydrogens is 302 g/mol. The van der Waals surface area contributed by atoms with Crippen LogP contribution in [0.3, 0.4) is 0 Å². The third-order valence-electron chi connectivity index (χ3n) is 3.37. The number of anilines is 3. The van der Waals surface area contributed by atoms with Crippen molar-refractivity contribution in [2.24, 2.45) is 0 Å². The molecule has 0 saturated heterocycles. The molecule has 0 spiro atoms. The van der Waals surface area contributed by atoms with E-state index < -0.39 is 4.92 Å². The minimum absolute atomic E-state index is 0.0285. The molecular formula is C14H13N5O4. The molecule has 0 saturated carbocycles. The second-order valence-electron chi connectivity index (χ2n) is 4.87. The second kappa shape index (κ2) is 5.89. The Hall–Kier alpha value is -3.20. The Morgan fingerprint density at radius 3 is 2.70 bits per heavy atom. The standard InChI is InChI=1S/C14H13N5O4/c15-9-1-2-10(8(7-9)5-6-20)16-11-3-4-12(19(21)22)14-13(11)17-23-18-14/h1-4,7,16,20H,5-6,15H2. The zero-order chi connectivity index (χ0) is 16.4. The maximum absolute atomic E-state index is 11.0. The molecule has 1 heterocycles. The highest BCUT2D eigenvalue weighted by Crippen LogP contribution is 2.32. The van der Waals surface area contributed by atoms with Crippen LogP contribution in [-0.2, 0) is 6.42 Å². The summed E-state index contributed by atoms with van der Waals surface area (Å²) >= 11 is 0. The van der Waals surface area contributed by atoms with Gasteiger partial charge in [0, 0.05) is 24.0 Å². The first-order valence-electron chi connectivity index (χ1n) is 6.76. The number of benzene rings is 2.